The van der Waals surface area contributed by atoms with Gasteiger partial charge in [0.1, 0.15) is 5.75 Å². The normalized spacial score (nSPS) is 11.9. The minimum atomic E-state index is -0.630. The Labute approximate surface area is 140 Å². The summed E-state index contributed by atoms with van der Waals surface area (Å²) in [5.74, 6) is 0.416. The summed E-state index contributed by atoms with van der Waals surface area (Å²) in [7, 11) is 0. The number of hydrogen-bond acceptors (Lipinski definition) is 2. The van der Waals surface area contributed by atoms with E-state index in [1.54, 1.807) is 43.3 Å². The molecular formula is C17H17Cl2NO2. The van der Waals surface area contributed by atoms with Crippen molar-refractivity contribution < 1.29 is 9.53 Å². The highest BCUT2D eigenvalue weighted by Gasteiger charge is 2.16. The SMILES string of the molecule is Cc1cc(Cl)ccc1NC(=O)[C@@H](C)Oc1ccc(Cl)cc1C. The average Bonchev–Trinajstić information content (AvgIpc) is 2.44. The van der Waals surface area contributed by atoms with Crippen molar-refractivity contribution in [1.82, 2.24) is 0 Å². The molecule has 0 spiro atoms. The summed E-state index contributed by atoms with van der Waals surface area (Å²) in [6.07, 6.45) is -0.630. The van der Waals surface area contributed by atoms with Crippen molar-refractivity contribution in [2.45, 2.75) is 26.9 Å². The van der Waals surface area contributed by atoms with Gasteiger partial charge in [0.05, 0.1) is 0 Å². The van der Waals surface area contributed by atoms with Crippen molar-refractivity contribution in [3.8, 4) is 5.75 Å². The molecule has 0 fully saturated rings. The number of nitrogens with one attached hydrogen (secondary N) is 1. The van der Waals surface area contributed by atoms with Crippen LogP contribution in [0.15, 0.2) is 36.4 Å². The largest absolute Gasteiger partial charge is 0.481 e. The Hall–Kier alpha value is -1.71. The Morgan fingerprint density at radius 3 is 2.23 bits per heavy atom. The number of anilines is 1. The third-order valence-corrected chi connectivity index (χ3v) is 3.73. The number of aryl methyl sites for hydroxylation is 2. The van der Waals surface area contributed by atoms with Crippen molar-refractivity contribution in [2.75, 3.05) is 5.32 Å². The van der Waals surface area contributed by atoms with Crippen LogP contribution in [0.4, 0.5) is 5.69 Å². The maximum Gasteiger partial charge on any atom is 0.265 e. The van der Waals surface area contributed by atoms with E-state index in [1.807, 2.05) is 13.8 Å². The number of carbonyl (C=O) groups excluding carboxylic acids is 1. The van der Waals surface area contributed by atoms with Crippen LogP contribution in [0.3, 0.4) is 0 Å². The van der Waals surface area contributed by atoms with Crippen LogP contribution < -0.4 is 10.1 Å². The van der Waals surface area contributed by atoms with Crippen molar-refractivity contribution in [3.05, 3.63) is 57.6 Å². The lowest BCUT2D eigenvalue weighted by atomic mass is 10.2. The monoisotopic (exact) mass is 337 g/mol. The van der Waals surface area contributed by atoms with E-state index in [0.29, 0.717) is 15.8 Å². The predicted octanol–water partition coefficient (Wildman–Crippen LogP) is 5.02. The second kappa shape index (κ2) is 7.03. The van der Waals surface area contributed by atoms with Gasteiger partial charge in [0.2, 0.25) is 0 Å². The maximum atomic E-state index is 12.2. The molecule has 5 heteroatoms. The molecule has 0 unspecified atom stereocenters. The first-order valence-electron chi connectivity index (χ1n) is 6.86. The van der Waals surface area contributed by atoms with Crippen LogP contribution in [0.2, 0.25) is 10.0 Å². The lowest BCUT2D eigenvalue weighted by Crippen LogP contribution is -2.30. The molecule has 0 aliphatic heterocycles. The molecule has 2 rings (SSSR count). The summed E-state index contributed by atoms with van der Waals surface area (Å²) in [5.41, 5.74) is 2.50. The van der Waals surface area contributed by atoms with Crippen molar-refractivity contribution in [2.24, 2.45) is 0 Å². The lowest BCUT2D eigenvalue weighted by Gasteiger charge is -2.17. The summed E-state index contributed by atoms with van der Waals surface area (Å²) in [4.78, 5) is 12.2. The standard InChI is InChI=1S/C17H17Cl2NO2/c1-10-8-13(18)4-6-15(10)20-17(21)12(3)22-16-7-5-14(19)9-11(16)2/h4-9,12H,1-3H3,(H,20,21)/t12-/m1/s1. The van der Waals surface area contributed by atoms with Gasteiger partial charge in [-0.3, -0.25) is 4.79 Å². The van der Waals surface area contributed by atoms with Gasteiger partial charge in [-0.2, -0.15) is 0 Å². The topological polar surface area (TPSA) is 38.3 Å². The van der Waals surface area contributed by atoms with Crippen molar-refractivity contribution in [1.29, 1.82) is 0 Å². The van der Waals surface area contributed by atoms with E-state index in [4.69, 9.17) is 27.9 Å². The number of amides is 1. The summed E-state index contributed by atoms with van der Waals surface area (Å²) in [6.45, 7) is 5.47. The number of hydrogen-bond donors (Lipinski definition) is 1. The molecule has 1 atom stereocenters. The molecule has 0 saturated heterocycles. The Balaban J connectivity index is 2.05. The highest BCUT2D eigenvalue weighted by molar-refractivity contribution is 6.31. The molecule has 0 radical (unpaired) electrons. The molecule has 0 saturated carbocycles. The minimum Gasteiger partial charge on any atom is -0.481 e. The first-order chi connectivity index (χ1) is 10.4. The Kier molecular flexibility index (Phi) is 5.33. The van der Waals surface area contributed by atoms with Crippen LogP contribution in [-0.2, 0) is 4.79 Å². The number of halogens is 2. The van der Waals surface area contributed by atoms with Gasteiger partial charge in [0.25, 0.3) is 5.91 Å². The van der Waals surface area contributed by atoms with Crippen molar-refractivity contribution in [3.63, 3.8) is 0 Å². The highest BCUT2D eigenvalue weighted by atomic mass is 35.5. The van der Waals surface area contributed by atoms with Gasteiger partial charge in [-0.05, 0) is 68.3 Å². The van der Waals surface area contributed by atoms with Crippen LogP contribution >= 0.6 is 23.2 Å². The van der Waals surface area contributed by atoms with E-state index in [0.717, 1.165) is 16.8 Å². The molecule has 0 heterocycles. The summed E-state index contributed by atoms with van der Waals surface area (Å²) in [5, 5.41) is 4.11. The Morgan fingerprint density at radius 1 is 1.05 bits per heavy atom. The average molecular weight is 338 g/mol. The van der Waals surface area contributed by atoms with Gasteiger partial charge in [-0.25, -0.2) is 0 Å². The zero-order chi connectivity index (χ0) is 16.3. The minimum absolute atomic E-state index is 0.222. The molecule has 116 valence electrons. The summed E-state index contributed by atoms with van der Waals surface area (Å²) >= 11 is 11.8. The molecule has 0 aromatic heterocycles. The van der Waals surface area contributed by atoms with E-state index in [-0.39, 0.29) is 5.91 Å². The zero-order valence-corrected chi connectivity index (χ0v) is 14.1. The first kappa shape index (κ1) is 16.7. The van der Waals surface area contributed by atoms with Gasteiger partial charge in [-0.15, -0.1) is 0 Å². The second-order valence-corrected chi connectivity index (χ2v) is 5.99. The highest BCUT2D eigenvalue weighted by Crippen LogP contribution is 2.24. The Morgan fingerprint density at radius 2 is 1.64 bits per heavy atom. The van der Waals surface area contributed by atoms with E-state index in [2.05, 4.69) is 5.32 Å². The quantitative estimate of drug-likeness (QED) is 0.850. The number of carbonyl (C=O) groups is 1. The first-order valence-corrected chi connectivity index (χ1v) is 7.62. The zero-order valence-electron chi connectivity index (χ0n) is 12.6. The van der Waals surface area contributed by atoms with Crippen LogP contribution in [-0.4, -0.2) is 12.0 Å². The molecular weight excluding hydrogens is 321 g/mol. The summed E-state index contributed by atoms with van der Waals surface area (Å²) in [6, 6.07) is 10.6. The van der Waals surface area contributed by atoms with Gasteiger partial charge in [0, 0.05) is 15.7 Å². The van der Waals surface area contributed by atoms with E-state index in [1.165, 1.54) is 0 Å². The van der Waals surface area contributed by atoms with E-state index in [9.17, 15) is 4.79 Å². The molecule has 1 amide bonds. The van der Waals surface area contributed by atoms with Gasteiger partial charge in [0.15, 0.2) is 6.10 Å². The fourth-order valence-electron chi connectivity index (χ4n) is 1.99. The van der Waals surface area contributed by atoms with Crippen LogP contribution in [0.1, 0.15) is 18.1 Å². The second-order valence-electron chi connectivity index (χ2n) is 5.12. The molecule has 22 heavy (non-hydrogen) atoms. The van der Waals surface area contributed by atoms with E-state index >= 15 is 0 Å². The third-order valence-electron chi connectivity index (χ3n) is 3.26. The number of rotatable bonds is 4. The fourth-order valence-corrected chi connectivity index (χ4v) is 2.44. The maximum absolute atomic E-state index is 12.2. The molecule has 2 aromatic rings. The van der Waals surface area contributed by atoms with Crippen LogP contribution in [0, 0.1) is 13.8 Å². The lowest BCUT2D eigenvalue weighted by molar-refractivity contribution is -0.122. The smallest absolute Gasteiger partial charge is 0.265 e. The van der Waals surface area contributed by atoms with Gasteiger partial charge < -0.3 is 10.1 Å². The van der Waals surface area contributed by atoms with E-state index < -0.39 is 6.10 Å². The molecule has 3 nitrogen and oxygen atoms in total. The van der Waals surface area contributed by atoms with Crippen LogP contribution in [0.5, 0.6) is 5.75 Å². The van der Waals surface area contributed by atoms with Crippen LogP contribution in [0.25, 0.3) is 0 Å². The summed E-state index contributed by atoms with van der Waals surface area (Å²) < 4.78 is 5.70. The fraction of sp³-hybridized carbons (Fsp3) is 0.235. The van der Waals surface area contributed by atoms with Gasteiger partial charge in [-0.1, -0.05) is 23.2 Å². The Bertz CT molecular complexity index is 701. The molecule has 1 N–H and O–H groups in total. The third kappa shape index (κ3) is 4.15. The molecule has 0 bridgehead atoms. The number of ether oxygens (including phenoxy) is 1. The van der Waals surface area contributed by atoms with Gasteiger partial charge >= 0.3 is 0 Å². The molecule has 2 aromatic carbocycles. The molecule has 0 aliphatic carbocycles. The predicted molar refractivity (Wildman–Crippen MR) is 91.1 cm³/mol. The van der Waals surface area contributed by atoms with Crippen molar-refractivity contribution >= 4 is 34.8 Å². The number of benzene rings is 2. The molecule has 0 aliphatic rings.